The maximum absolute atomic E-state index is 12.2. The van der Waals surface area contributed by atoms with Crippen molar-refractivity contribution >= 4 is 27.8 Å². The van der Waals surface area contributed by atoms with Crippen LogP contribution in [-0.2, 0) is 14.8 Å². The van der Waals surface area contributed by atoms with Crippen molar-refractivity contribution in [3.8, 4) is 0 Å². The Balaban J connectivity index is 2.28. The second kappa shape index (κ2) is 6.44. The van der Waals surface area contributed by atoms with Gasteiger partial charge in [0.1, 0.15) is 0 Å². The van der Waals surface area contributed by atoms with E-state index in [0.717, 1.165) is 0 Å². The number of anilines is 1. The molecule has 2 N–H and O–H groups in total. The van der Waals surface area contributed by atoms with E-state index < -0.39 is 16.0 Å². The van der Waals surface area contributed by atoms with E-state index in [2.05, 4.69) is 4.72 Å². The Morgan fingerprint density at radius 3 is 2.41 bits per heavy atom. The van der Waals surface area contributed by atoms with E-state index in [1.54, 1.807) is 42.5 Å². The molecular weight excluding hydrogens is 302 g/mol. The lowest BCUT2D eigenvalue weighted by Gasteiger charge is -2.08. The van der Waals surface area contributed by atoms with Crippen molar-refractivity contribution in [2.24, 2.45) is 0 Å². The van der Waals surface area contributed by atoms with Crippen LogP contribution >= 0.6 is 0 Å². The first kappa shape index (κ1) is 15.8. The van der Waals surface area contributed by atoms with Crippen LogP contribution in [0.25, 0.3) is 6.08 Å². The third kappa shape index (κ3) is 3.95. The Morgan fingerprint density at radius 1 is 1.09 bits per heavy atom. The summed E-state index contributed by atoms with van der Waals surface area (Å²) in [7, 11) is -3.66. The summed E-state index contributed by atoms with van der Waals surface area (Å²) >= 11 is 0. The standard InChI is InChI=1S/C16H15NO4S/c1-12(16(18)19)10-13-6-5-7-14(11-13)17-22(20,21)15-8-3-2-4-9-15/h2-11,17H,1H3,(H,18,19). The van der Waals surface area contributed by atoms with Crippen LogP contribution in [0.1, 0.15) is 12.5 Å². The lowest BCUT2D eigenvalue weighted by molar-refractivity contribution is -0.132. The van der Waals surface area contributed by atoms with Crippen LogP contribution in [0.3, 0.4) is 0 Å². The van der Waals surface area contributed by atoms with Crippen molar-refractivity contribution < 1.29 is 18.3 Å². The summed E-state index contributed by atoms with van der Waals surface area (Å²) in [6, 6.07) is 14.6. The van der Waals surface area contributed by atoms with Crippen LogP contribution in [0.5, 0.6) is 0 Å². The molecular formula is C16H15NO4S. The normalized spacial score (nSPS) is 12.0. The molecule has 0 spiro atoms. The third-order valence-electron chi connectivity index (χ3n) is 2.91. The number of rotatable bonds is 5. The van der Waals surface area contributed by atoms with Crippen molar-refractivity contribution in [2.45, 2.75) is 11.8 Å². The van der Waals surface area contributed by atoms with E-state index in [9.17, 15) is 13.2 Å². The number of nitrogens with one attached hydrogen (secondary N) is 1. The van der Waals surface area contributed by atoms with E-state index in [0.29, 0.717) is 11.3 Å². The Hall–Kier alpha value is -2.60. The van der Waals surface area contributed by atoms with Gasteiger partial charge in [-0.3, -0.25) is 4.72 Å². The summed E-state index contributed by atoms with van der Waals surface area (Å²) in [5.41, 5.74) is 1.15. The van der Waals surface area contributed by atoms with Gasteiger partial charge in [-0.15, -0.1) is 0 Å². The highest BCUT2D eigenvalue weighted by Gasteiger charge is 2.13. The van der Waals surface area contributed by atoms with Crippen LogP contribution in [0.4, 0.5) is 5.69 Å². The van der Waals surface area contributed by atoms with Crippen molar-refractivity contribution in [3.63, 3.8) is 0 Å². The predicted octanol–water partition coefficient (Wildman–Crippen LogP) is 2.98. The van der Waals surface area contributed by atoms with Crippen LogP contribution in [0.2, 0.25) is 0 Å². The smallest absolute Gasteiger partial charge is 0.331 e. The molecule has 2 rings (SSSR count). The molecule has 0 radical (unpaired) electrons. The highest BCUT2D eigenvalue weighted by atomic mass is 32.2. The number of sulfonamides is 1. The highest BCUT2D eigenvalue weighted by Crippen LogP contribution is 2.18. The molecule has 2 aromatic rings. The molecule has 5 nitrogen and oxygen atoms in total. The Bertz CT molecular complexity index is 811. The third-order valence-corrected chi connectivity index (χ3v) is 4.31. The van der Waals surface area contributed by atoms with Crippen molar-refractivity contribution in [1.82, 2.24) is 0 Å². The van der Waals surface area contributed by atoms with Crippen LogP contribution in [0.15, 0.2) is 65.1 Å². The fourth-order valence-corrected chi connectivity index (χ4v) is 2.89. The number of carbonyl (C=O) groups is 1. The summed E-state index contributed by atoms with van der Waals surface area (Å²) in [6.45, 7) is 1.48. The minimum absolute atomic E-state index is 0.165. The molecule has 0 fully saturated rings. The number of carboxylic acids is 1. The molecule has 114 valence electrons. The summed E-state index contributed by atoms with van der Waals surface area (Å²) < 4.78 is 26.9. The van der Waals surface area contributed by atoms with Gasteiger partial charge in [0.15, 0.2) is 0 Å². The SMILES string of the molecule is CC(=Cc1cccc(NS(=O)(=O)c2ccccc2)c1)C(=O)O. The molecule has 22 heavy (non-hydrogen) atoms. The average molecular weight is 317 g/mol. The maximum atomic E-state index is 12.2. The van der Waals surface area contributed by atoms with Gasteiger partial charge in [0.05, 0.1) is 4.90 Å². The average Bonchev–Trinajstić information content (AvgIpc) is 2.48. The van der Waals surface area contributed by atoms with Crippen molar-refractivity contribution in [3.05, 3.63) is 65.7 Å². The van der Waals surface area contributed by atoms with E-state index in [1.165, 1.54) is 25.1 Å². The van der Waals surface area contributed by atoms with Crippen LogP contribution < -0.4 is 4.72 Å². The summed E-state index contributed by atoms with van der Waals surface area (Å²) in [4.78, 5) is 11.0. The molecule has 0 heterocycles. The zero-order valence-electron chi connectivity index (χ0n) is 11.9. The molecule has 0 bridgehead atoms. The second-order valence-electron chi connectivity index (χ2n) is 4.68. The first-order valence-electron chi connectivity index (χ1n) is 6.48. The lowest BCUT2D eigenvalue weighted by Crippen LogP contribution is -2.12. The topological polar surface area (TPSA) is 83.5 Å². The van der Waals surface area contributed by atoms with Crippen molar-refractivity contribution in [1.29, 1.82) is 0 Å². The zero-order chi connectivity index (χ0) is 16.2. The minimum atomic E-state index is -3.66. The molecule has 0 saturated heterocycles. The summed E-state index contributed by atoms with van der Waals surface area (Å²) in [5, 5.41) is 8.87. The summed E-state index contributed by atoms with van der Waals surface area (Å²) in [6.07, 6.45) is 1.47. The Morgan fingerprint density at radius 2 is 1.77 bits per heavy atom. The van der Waals surface area contributed by atoms with Gasteiger partial charge in [-0.2, -0.15) is 0 Å². The molecule has 0 aliphatic rings. The number of benzene rings is 2. The van der Waals surface area contributed by atoms with Gasteiger partial charge in [-0.1, -0.05) is 30.3 Å². The highest BCUT2D eigenvalue weighted by molar-refractivity contribution is 7.92. The molecule has 2 aromatic carbocycles. The monoisotopic (exact) mass is 317 g/mol. The van der Waals surface area contributed by atoms with Crippen molar-refractivity contribution in [2.75, 3.05) is 4.72 Å². The van der Waals surface area contributed by atoms with Gasteiger partial charge in [-0.25, -0.2) is 13.2 Å². The van der Waals surface area contributed by atoms with Gasteiger partial charge < -0.3 is 5.11 Å². The molecule has 6 heteroatoms. The maximum Gasteiger partial charge on any atom is 0.331 e. The van der Waals surface area contributed by atoms with Gasteiger partial charge >= 0.3 is 5.97 Å². The van der Waals surface area contributed by atoms with Crippen LogP contribution in [-0.4, -0.2) is 19.5 Å². The number of hydrogen-bond acceptors (Lipinski definition) is 3. The van der Waals surface area contributed by atoms with Gasteiger partial charge in [0, 0.05) is 11.3 Å². The Labute approximate surface area is 129 Å². The first-order chi connectivity index (χ1) is 10.4. The van der Waals surface area contributed by atoms with E-state index in [1.807, 2.05) is 0 Å². The fraction of sp³-hybridized carbons (Fsp3) is 0.0625. The second-order valence-corrected chi connectivity index (χ2v) is 6.36. The Kier molecular flexibility index (Phi) is 4.62. The number of hydrogen-bond donors (Lipinski definition) is 2. The van der Waals surface area contributed by atoms with E-state index in [4.69, 9.17) is 5.11 Å². The fourth-order valence-electron chi connectivity index (χ4n) is 1.82. The van der Waals surface area contributed by atoms with Crippen LogP contribution in [0, 0.1) is 0 Å². The molecule has 0 unspecified atom stereocenters. The largest absolute Gasteiger partial charge is 0.478 e. The predicted molar refractivity (Wildman–Crippen MR) is 85.0 cm³/mol. The van der Waals surface area contributed by atoms with E-state index in [-0.39, 0.29) is 10.5 Å². The molecule has 0 aliphatic carbocycles. The molecule has 0 amide bonds. The molecule has 0 saturated carbocycles. The molecule has 0 atom stereocenters. The number of aliphatic carboxylic acids is 1. The number of carboxylic acid groups (broad SMARTS) is 1. The first-order valence-corrected chi connectivity index (χ1v) is 7.96. The van der Waals surface area contributed by atoms with Gasteiger partial charge in [0.25, 0.3) is 10.0 Å². The molecule has 0 aromatic heterocycles. The molecule has 0 aliphatic heterocycles. The lowest BCUT2D eigenvalue weighted by atomic mass is 10.1. The van der Waals surface area contributed by atoms with E-state index >= 15 is 0 Å². The summed E-state index contributed by atoms with van der Waals surface area (Å²) in [5.74, 6) is -1.02. The minimum Gasteiger partial charge on any atom is -0.478 e. The zero-order valence-corrected chi connectivity index (χ0v) is 12.7. The quantitative estimate of drug-likeness (QED) is 0.830. The van der Waals surface area contributed by atoms with Gasteiger partial charge in [-0.05, 0) is 42.8 Å². The van der Waals surface area contributed by atoms with Gasteiger partial charge in [0.2, 0.25) is 0 Å².